The average molecular weight is 349 g/mol. The highest BCUT2D eigenvalue weighted by Crippen LogP contribution is 2.19. The second-order valence-electron chi connectivity index (χ2n) is 6.49. The van der Waals surface area contributed by atoms with Crippen LogP contribution >= 0.6 is 0 Å². The summed E-state index contributed by atoms with van der Waals surface area (Å²) >= 11 is 0. The molecule has 6 nitrogen and oxygen atoms in total. The van der Waals surface area contributed by atoms with E-state index in [1.807, 2.05) is 6.20 Å². The van der Waals surface area contributed by atoms with Gasteiger partial charge >= 0.3 is 6.03 Å². The number of H-pyrrole nitrogens is 1. The van der Waals surface area contributed by atoms with Crippen molar-refractivity contribution in [1.82, 2.24) is 15.2 Å². The zero-order chi connectivity index (χ0) is 17.8. The number of ether oxygens (including phenoxy) is 1. The Balaban J connectivity index is 1.56. The summed E-state index contributed by atoms with van der Waals surface area (Å²) in [6, 6.07) is 4.40. The first-order valence-corrected chi connectivity index (χ1v) is 8.60. The van der Waals surface area contributed by atoms with Gasteiger partial charge in [0.15, 0.2) is 0 Å². The van der Waals surface area contributed by atoms with E-state index in [1.165, 1.54) is 12.1 Å². The van der Waals surface area contributed by atoms with Gasteiger partial charge in [-0.3, -0.25) is 0 Å². The Kier molecular flexibility index (Phi) is 5.55. The molecule has 3 N–H and O–H groups in total. The van der Waals surface area contributed by atoms with Crippen molar-refractivity contribution in [2.75, 3.05) is 26.3 Å². The van der Waals surface area contributed by atoms with E-state index in [4.69, 9.17) is 4.74 Å². The maximum Gasteiger partial charge on any atom is 0.317 e. The lowest BCUT2D eigenvalue weighted by atomic mass is 10.1. The summed E-state index contributed by atoms with van der Waals surface area (Å²) in [5.41, 5.74) is 1.80. The first-order valence-electron chi connectivity index (χ1n) is 8.60. The summed E-state index contributed by atoms with van der Waals surface area (Å²) in [6.45, 7) is 3.69. The minimum absolute atomic E-state index is 0.107. The van der Waals surface area contributed by atoms with Crippen LogP contribution in [0.4, 0.5) is 9.18 Å². The third-order valence-electron chi connectivity index (χ3n) is 4.50. The van der Waals surface area contributed by atoms with Gasteiger partial charge in [0.1, 0.15) is 5.82 Å². The van der Waals surface area contributed by atoms with Crippen molar-refractivity contribution in [3.05, 3.63) is 35.8 Å². The molecule has 2 heterocycles. The summed E-state index contributed by atoms with van der Waals surface area (Å²) in [5, 5.41) is 13.5. The van der Waals surface area contributed by atoms with Crippen LogP contribution in [0, 0.1) is 5.82 Å². The van der Waals surface area contributed by atoms with Crippen LogP contribution in [0.15, 0.2) is 24.4 Å². The van der Waals surface area contributed by atoms with Gasteiger partial charge in [-0.05, 0) is 43.5 Å². The molecule has 2 aromatic rings. The molecule has 136 valence electrons. The molecule has 1 aliphatic rings. The first-order chi connectivity index (χ1) is 12.0. The smallest absolute Gasteiger partial charge is 0.317 e. The molecule has 0 spiro atoms. The average Bonchev–Trinajstić information content (AvgIpc) is 2.97. The summed E-state index contributed by atoms with van der Waals surface area (Å²) in [5.74, 6) is -0.273. The number of nitrogens with zero attached hydrogens (tertiary/aromatic N) is 1. The van der Waals surface area contributed by atoms with Gasteiger partial charge in [0.25, 0.3) is 0 Å². The van der Waals surface area contributed by atoms with E-state index in [9.17, 15) is 14.3 Å². The molecule has 0 aliphatic carbocycles. The highest BCUT2D eigenvalue weighted by Gasteiger charge is 2.28. The third kappa shape index (κ3) is 4.29. The fourth-order valence-corrected chi connectivity index (χ4v) is 3.28. The van der Waals surface area contributed by atoms with Crippen LogP contribution in [0.3, 0.4) is 0 Å². The fourth-order valence-electron chi connectivity index (χ4n) is 3.28. The molecule has 25 heavy (non-hydrogen) atoms. The van der Waals surface area contributed by atoms with Crippen molar-refractivity contribution in [3.8, 4) is 0 Å². The molecule has 0 radical (unpaired) electrons. The van der Waals surface area contributed by atoms with Gasteiger partial charge in [0.2, 0.25) is 0 Å². The Labute approximate surface area is 146 Å². The van der Waals surface area contributed by atoms with Gasteiger partial charge in [0, 0.05) is 30.2 Å². The summed E-state index contributed by atoms with van der Waals surface area (Å²) in [7, 11) is 0. The van der Waals surface area contributed by atoms with Crippen LogP contribution in [0.2, 0.25) is 0 Å². The van der Waals surface area contributed by atoms with Crippen LogP contribution in [0.25, 0.3) is 10.9 Å². The number of urea groups is 1. The van der Waals surface area contributed by atoms with E-state index in [1.54, 1.807) is 17.9 Å². The summed E-state index contributed by atoms with van der Waals surface area (Å²) in [6.07, 6.45) is 2.53. The Bertz CT molecular complexity index is 731. The van der Waals surface area contributed by atoms with Crippen molar-refractivity contribution in [2.24, 2.45) is 0 Å². The number of carbonyl (C=O) groups excluding carboxylic acids is 1. The molecule has 2 amide bonds. The van der Waals surface area contributed by atoms with Crippen molar-refractivity contribution in [1.29, 1.82) is 0 Å². The maximum atomic E-state index is 13.2. The minimum Gasteiger partial charge on any atom is -0.393 e. The lowest BCUT2D eigenvalue weighted by Gasteiger charge is -2.36. The number of hydrogen-bond acceptors (Lipinski definition) is 3. The molecule has 1 fully saturated rings. The molecule has 1 aromatic carbocycles. The fraction of sp³-hybridized carbons (Fsp3) is 0.500. The molecule has 1 saturated heterocycles. The summed E-state index contributed by atoms with van der Waals surface area (Å²) < 4.78 is 18.6. The number of morpholine rings is 1. The number of halogens is 1. The van der Waals surface area contributed by atoms with Crippen molar-refractivity contribution >= 4 is 16.9 Å². The first kappa shape index (κ1) is 17.7. The molecule has 0 unspecified atom stereocenters. The van der Waals surface area contributed by atoms with E-state index >= 15 is 0 Å². The van der Waals surface area contributed by atoms with E-state index in [0.29, 0.717) is 39.1 Å². The van der Waals surface area contributed by atoms with Gasteiger partial charge < -0.3 is 25.0 Å². The van der Waals surface area contributed by atoms with Crippen LogP contribution < -0.4 is 5.32 Å². The molecule has 0 bridgehead atoms. The number of amides is 2. The predicted octanol–water partition coefficient (Wildman–Crippen LogP) is 2.03. The van der Waals surface area contributed by atoms with Crippen LogP contribution in [-0.2, 0) is 11.2 Å². The highest BCUT2D eigenvalue weighted by molar-refractivity contribution is 5.83. The van der Waals surface area contributed by atoms with Crippen LogP contribution in [-0.4, -0.2) is 59.5 Å². The minimum atomic E-state index is -0.478. The standard InChI is InChI=1S/C18H24FN3O3/c1-12(23)8-15-11-25-7-6-22(15)18(24)20-5-4-13-10-21-17-9-14(19)2-3-16(13)17/h2-3,9-10,12,15,21,23H,4-8,11H2,1H3,(H,20,24)/t12-,15-/m0/s1. The summed E-state index contributed by atoms with van der Waals surface area (Å²) in [4.78, 5) is 17.2. The number of aromatic amines is 1. The quantitative estimate of drug-likeness (QED) is 0.773. The Morgan fingerprint density at radius 3 is 3.20 bits per heavy atom. The van der Waals surface area contributed by atoms with E-state index in [2.05, 4.69) is 10.3 Å². The lowest BCUT2D eigenvalue weighted by Crippen LogP contribution is -2.53. The largest absolute Gasteiger partial charge is 0.393 e. The van der Waals surface area contributed by atoms with Gasteiger partial charge in [-0.15, -0.1) is 0 Å². The van der Waals surface area contributed by atoms with Crippen molar-refractivity contribution in [3.63, 3.8) is 0 Å². The van der Waals surface area contributed by atoms with E-state index in [-0.39, 0.29) is 17.9 Å². The molecule has 1 aromatic heterocycles. The number of hydrogen-bond donors (Lipinski definition) is 3. The lowest BCUT2D eigenvalue weighted by molar-refractivity contribution is -0.00425. The van der Waals surface area contributed by atoms with Crippen molar-refractivity contribution in [2.45, 2.75) is 31.9 Å². The van der Waals surface area contributed by atoms with Crippen molar-refractivity contribution < 1.29 is 19.0 Å². The molecule has 2 atom stereocenters. The number of aliphatic hydroxyl groups excluding tert-OH is 1. The van der Waals surface area contributed by atoms with Gasteiger partial charge in [-0.1, -0.05) is 0 Å². The number of aliphatic hydroxyl groups is 1. The number of benzene rings is 1. The molecule has 7 heteroatoms. The molecular weight excluding hydrogens is 325 g/mol. The number of rotatable bonds is 5. The monoisotopic (exact) mass is 349 g/mol. The van der Waals surface area contributed by atoms with Crippen LogP contribution in [0.1, 0.15) is 18.9 Å². The normalized spacial score (nSPS) is 19.2. The molecule has 1 aliphatic heterocycles. The maximum absolute atomic E-state index is 13.2. The van der Waals surface area contributed by atoms with Gasteiger partial charge in [0.05, 0.1) is 25.4 Å². The second kappa shape index (κ2) is 7.84. The predicted molar refractivity (Wildman–Crippen MR) is 93.0 cm³/mol. The Morgan fingerprint density at radius 1 is 1.56 bits per heavy atom. The number of nitrogens with one attached hydrogen (secondary N) is 2. The van der Waals surface area contributed by atoms with Gasteiger partial charge in [-0.2, -0.15) is 0 Å². The zero-order valence-corrected chi connectivity index (χ0v) is 14.3. The van der Waals surface area contributed by atoms with Gasteiger partial charge in [-0.25, -0.2) is 9.18 Å². The van der Waals surface area contributed by atoms with E-state index in [0.717, 1.165) is 16.5 Å². The van der Waals surface area contributed by atoms with Crippen LogP contribution in [0.5, 0.6) is 0 Å². The third-order valence-corrected chi connectivity index (χ3v) is 4.50. The number of carbonyl (C=O) groups is 1. The molecular formula is C18H24FN3O3. The Morgan fingerprint density at radius 2 is 2.40 bits per heavy atom. The highest BCUT2D eigenvalue weighted by atomic mass is 19.1. The SMILES string of the molecule is C[C@H](O)C[C@H]1COCCN1C(=O)NCCc1c[nH]c2cc(F)ccc12. The Hall–Kier alpha value is -2.12. The zero-order valence-electron chi connectivity index (χ0n) is 14.3. The topological polar surface area (TPSA) is 77.6 Å². The molecule has 3 rings (SSSR count). The molecule has 0 saturated carbocycles. The number of fused-ring (bicyclic) bond motifs is 1. The number of aromatic nitrogens is 1. The second-order valence-corrected chi connectivity index (χ2v) is 6.49. The van der Waals surface area contributed by atoms with E-state index < -0.39 is 6.10 Å².